The summed E-state index contributed by atoms with van der Waals surface area (Å²) in [6, 6.07) is 0.286. The molecule has 0 unspecified atom stereocenters. The van der Waals surface area contributed by atoms with Crippen LogP contribution in [0.5, 0.6) is 0 Å². The fraction of sp³-hybridized carbons (Fsp3) is 0.826. The average molecular weight is 775 g/mol. The second-order valence-electron chi connectivity index (χ2n) is 12.2. The summed E-state index contributed by atoms with van der Waals surface area (Å²) in [5.41, 5.74) is 0. The molecule has 0 heterocycles. The van der Waals surface area contributed by atoms with Gasteiger partial charge in [0.05, 0.1) is 6.61 Å². The van der Waals surface area contributed by atoms with Crippen LogP contribution in [0.15, 0.2) is 12.2 Å². The number of rotatable bonds is 18. The molecule has 0 spiro atoms. The number of hydrogen-bond donors (Lipinski definition) is 0. The van der Waals surface area contributed by atoms with Crippen molar-refractivity contribution in [2.75, 3.05) is 6.61 Å². The Kier molecular flexibility index (Phi) is 14.0. The molecule has 278 valence electrons. The molecule has 0 fully saturated rings. The summed E-state index contributed by atoms with van der Waals surface area (Å²) in [4.78, 5) is 23.3. The van der Waals surface area contributed by atoms with Gasteiger partial charge in [0.15, 0.2) is 16.6 Å². The van der Waals surface area contributed by atoms with E-state index in [-0.39, 0.29) is 18.5 Å². The van der Waals surface area contributed by atoms with E-state index < -0.39 is 105 Å². The first kappa shape index (κ1) is 45.2. The summed E-state index contributed by atoms with van der Waals surface area (Å²) in [6.45, 7) is 12.8. The number of esters is 2. The molecule has 0 radical (unpaired) electrons. The molecule has 0 aliphatic heterocycles. The molecule has 0 bridgehead atoms. The zero-order chi connectivity index (χ0) is 37.9. The number of carbonyl (C=O) groups excluding carboxylic acids is 2. The first-order valence-corrected chi connectivity index (χ1v) is 22.5. The normalized spacial score (nSPS) is 15.3. The van der Waals surface area contributed by atoms with E-state index >= 15 is 0 Å². The number of ether oxygens (including phenoxy) is 2. The van der Waals surface area contributed by atoms with Crippen LogP contribution >= 0.6 is 0 Å². The van der Waals surface area contributed by atoms with Crippen molar-refractivity contribution in [1.29, 1.82) is 0 Å². The lowest BCUT2D eigenvalue weighted by molar-refractivity contribution is -0.451. The van der Waals surface area contributed by atoms with E-state index in [1.807, 2.05) is 39.3 Å². The van der Waals surface area contributed by atoms with E-state index in [2.05, 4.69) is 9.47 Å². The lowest BCUT2D eigenvalue weighted by Crippen LogP contribution is -2.71. The van der Waals surface area contributed by atoms with Gasteiger partial charge in [-0.3, -0.25) is 0 Å². The van der Waals surface area contributed by atoms with E-state index in [9.17, 15) is 75.4 Å². The molecule has 0 aromatic heterocycles. The third-order valence-corrected chi connectivity index (χ3v) is 15.0. The Balaban J connectivity index is 5.64. The molecule has 0 aromatic rings. The summed E-state index contributed by atoms with van der Waals surface area (Å²) < 4.78 is 221. The summed E-state index contributed by atoms with van der Waals surface area (Å²) in [5, 5.41) is 0. The van der Waals surface area contributed by atoms with Crippen LogP contribution in [0.2, 0.25) is 51.9 Å². The van der Waals surface area contributed by atoms with Crippen LogP contribution < -0.4 is 0 Å². The highest BCUT2D eigenvalue weighted by molar-refractivity contribution is 6.87. The van der Waals surface area contributed by atoms with Gasteiger partial charge in [-0.15, -0.1) is 0 Å². The topological polar surface area (TPSA) is 71.1 Å². The lowest BCUT2D eigenvalue weighted by atomic mass is 9.91. The predicted molar refractivity (Wildman–Crippen MR) is 141 cm³/mol. The summed E-state index contributed by atoms with van der Waals surface area (Å²) in [7, 11) is -7.01. The second-order valence-corrected chi connectivity index (χ2v) is 25.1. The maximum Gasteiger partial charge on any atom is 0.473 e. The highest BCUT2D eigenvalue weighted by atomic mass is 28.5. The Labute approximate surface area is 262 Å². The van der Waals surface area contributed by atoms with Gasteiger partial charge < -0.3 is 17.7 Å². The molecule has 0 rings (SSSR count). The van der Waals surface area contributed by atoms with Gasteiger partial charge in [-0.2, -0.15) is 65.9 Å². The molecule has 24 heteroatoms. The van der Waals surface area contributed by atoms with Gasteiger partial charge >= 0.3 is 62.4 Å². The molecule has 0 aromatic carbocycles. The molecular weight excluding hydrogens is 741 g/mol. The Morgan fingerprint density at radius 2 is 0.979 bits per heavy atom. The van der Waals surface area contributed by atoms with Crippen molar-refractivity contribution in [3.8, 4) is 0 Å². The number of alkyl halides is 15. The minimum Gasteiger partial charge on any atom is -0.463 e. The van der Waals surface area contributed by atoms with Crippen molar-refractivity contribution >= 4 is 37.1 Å². The summed E-state index contributed by atoms with van der Waals surface area (Å²) >= 11 is 0. The molecule has 0 aliphatic rings. The second kappa shape index (κ2) is 14.6. The monoisotopic (exact) mass is 774 g/mol. The molecule has 47 heavy (non-hydrogen) atoms. The molecule has 0 aliphatic carbocycles. The quantitative estimate of drug-likeness (QED) is 0.0456. The van der Waals surface area contributed by atoms with Gasteiger partial charge in [-0.25, -0.2) is 9.59 Å². The molecule has 6 nitrogen and oxygen atoms in total. The van der Waals surface area contributed by atoms with E-state index in [4.69, 9.17) is 8.23 Å². The Bertz CT molecular complexity index is 1100. The molecule has 0 atom stereocenters. The van der Waals surface area contributed by atoms with Gasteiger partial charge in [0, 0.05) is 25.0 Å². The van der Waals surface area contributed by atoms with Crippen molar-refractivity contribution in [2.45, 2.75) is 113 Å². The average Bonchev–Trinajstić information content (AvgIpc) is 2.80. The lowest BCUT2D eigenvalue weighted by Gasteiger charge is -2.40. The van der Waals surface area contributed by atoms with Gasteiger partial charge in [-0.05, 0) is 58.3 Å². The largest absolute Gasteiger partial charge is 0.473 e. The third-order valence-electron chi connectivity index (χ3n) is 5.38. The molecular formula is C23H33F15O6Si3. The minimum absolute atomic E-state index is 0.0492. The highest BCUT2D eigenvalue weighted by Crippen LogP contribution is 2.61. The molecule has 0 saturated heterocycles. The van der Waals surface area contributed by atoms with Crippen molar-refractivity contribution < 1.29 is 93.1 Å². The van der Waals surface area contributed by atoms with Crippen LogP contribution in [-0.4, -0.2) is 85.6 Å². The standard InChI is InChI=1S/C23H33F15O6Si3/c1-45(2,3)43-47(7,44-46(4,5)6)14-8-13-41-15(39)9-10-16(40)42-23(37,38)22(35,36)21(33,34)20(31,32)19(29,30)17(24,25)11-12-18(26,27)28/h9-10H,8,11-14H2,1-7H3/b10-9+. The van der Waals surface area contributed by atoms with Crippen LogP contribution in [0.25, 0.3) is 0 Å². The van der Waals surface area contributed by atoms with E-state index in [0.29, 0.717) is 0 Å². The third kappa shape index (κ3) is 12.2. The van der Waals surface area contributed by atoms with Gasteiger partial charge in [0.2, 0.25) is 0 Å². The first-order valence-electron chi connectivity index (χ1n) is 13.2. The summed E-state index contributed by atoms with van der Waals surface area (Å²) in [5.74, 6) is -43.1. The minimum atomic E-state index is -8.19. The Morgan fingerprint density at radius 3 is 1.38 bits per heavy atom. The zero-order valence-electron chi connectivity index (χ0n) is 25.8. The maximum absolute atomic E-state index is 13.9. The van der Waals surface area contributed by atoms with Crippen LogP contribution in [0.1, 0.15) is 19.3 Å². The van der Waals surface area contributed by atoms with Gasteiger partial charge in [-0.1, -0.05) is 0 Å². The molecule has 0 amide bonds. The fourth-order valence-corrected chi connectivity index (χ4v) is 16.2. The summed E-state index contributed by atoms with van der Waals surface area (Å²) in [6.07, 6.45) is -19.6. The molecule has 0 N–H and O–H groups in total. The predicted octanol–water partition coefficient (Wildman–Crippen LogP) is 8.91. The van der Waals surface area contributed by atoms with Crippen molar-refractivity contribution in [1.82, 2.24) is 0 Å². The number of hydrogen-bond acceptors (Lipinski definition) is 6. The van der Waals surface area contributed by atoms with Crippen LogP contribution in [0.3, 0.4) is 0 Å². The van der Waals surface area contributed by atoms with Crippen LogP contribution in [-0.2, 0) is 27.3 Å². The van der Waals surface area contributed by atoms with Crippen molar-refractivity contribution in [2.24, 2.45) is 0 Å². The highest BCUT2D eigenvalue weighted by Gasteiger charge is 2.91. The molecule has 0 saturated carbocycles. The van der Waals surface area contributed by atoms with Gasteiger partial charge in [0.25, 0.3) is 0 Å². The number of halogens is 15. The maximum atomic E-state index is 13.9. The van der Waals surface area contributed by atoms with Crippen molar-refractivity contribution in [3.05, 3.63) is 12.2 Å². The van der Waals surface area contributed by atoms with Crippen LogP contribution in [0, 0.1) is 0 Å². The zero-order valence-corrected chi connectivity index (χ0v) is 28.8. The van der Waals surface area contributed by atoms with Gasteiger partial charge in [0.1, 0.15) is 0 Å². The SMILES string of the molecule is C[Si](C)(C)O[Si](C)(CCCOC(=O)/C=C/C(=O)OC(F)(F)C(F)(F)C(F)(F)C(F)(F)C(F)(F)C(F)(F)CCC(F)(F)F)O[Si](C)(C)C. The van der Waals surface area contributed by atoms with E-state index in [1.54, 1.807) is 6.55 Å². The number of carbonyl (C=O) groups is 2. The fourth-order valence-electron chi connectivity index (χ4n) is 3.66. The smallest absolute Gasteiger partial charge is 0.463 e. The Hall–Kier alpha value is -1.80. The first-order chi connectivity index (χ1) is 20.4. The Morgan fingerprint density at radius 1 is 0.574 bits per heavy atom. The van der Waals surface area contributed by atoms with Crippen LogP contribution in [0.4, 0.5) is 65.9 Å². The van der Waals surface area contributed by atoms with E-state index in [1.165, 1.54) is 0 Å². The van der Waals surface area contributed by atoms with Crippen molar-refractivity contribution in [3.63, 3.8) is 0 Å². The van der Waals surface area contributed by atoms with E-state index in [0.717, 1.165) is 0 Å².